The predicted octanol–water partition coefficient (Wildman–Crippen LogP) is 2.95. The number of nitrogens with zero attached hydrogens (tertiary/aromatic N) is 1. The maximum absolute atomic E-state index is 12.2. The van der Waals surface area contributed by atoms with E-state index in [1.807, 2.05) is 37.3 Å². The Morgan fingerprint density at radius 2 is 1.94 bits per heavy atom. The highest BCUT2D eigenvalue weighted by atomic mass is 16.1. The summed E-state index contributed by atoms with van der Waals surface area (Å²) in [5.74, 6) is 0. The van der Waals surface area contributed by atoms with Gasteiger partial charge in [0.2, 0.25) is 0 Å². The molecule has 1 aromatic carbocycles. The summed E-state index contributed by atoms with van der Waals surface area (Å²) in [6.45, 7) is 4.84. The first-order chi connectivity index (χ1) is 8.24. The Labute approximate surface area is 101 Å². The molecule has 0 amide bonds. The number of aromatic nitrogens is 2. The van der Waals surface area contributed by atoms with E-state index in [1.165, 1.54) is 0 Å². The zero-order valence-corrected chi connectivity index (χ0v) is 10.4. The van der Waals surface area contributed by atoms with Crippen LogP contribution in [0.3, 0.4) is 0 Å². The summed E-state index contributed by atoms with van der Waals surface area (Å²) in [5.41, 5.74) is 2.81. The van der Waals surface area contributed by atoms with Gasteiger partial charge in [-0.25, -0.2) is 0 Å². The van der Waals surface area contributed by atoms with Crippen molar-refractivity contribution in [2.75, 3.05) is 0 Å². The topological polar surface area (TPSA) is 37.8 Å². The predicted molar refractivity (Wildman–Crippen MR) is 70.1 cm³/mol. The van der Waals surface area contributed by atoms with Gasteiger partial charge in [0.05, 0.1) is 5.56 Å². The molecular weight excluding hydrogens is 212 g/mol. The fourth-order valence-corrected chi connectivity index (χ4v) is 2.02. The molecular formula is C14H18N2O. The van der Waals surface area contributed by atoms with Crippen molar-refractivity contribution in [2.45, 2.75) is 33.2 Å². The van der Waals surface area contributed by atoms with Crippen molar-refractivity contribution in [3.8, 4) is 11.1 Å². The van der Waals surface area contributed by atoms with Crippen LogP contribution in [0.2, 0.25) is 0 Å². The third-order valence-electron chi connectivity index (χ3n) is 2.93. The first kappa shape index (κ1) is 11.7. The lowest BCUT2D eigenvalue weighted by Gasteiger charge is -1.98. The van der Waals surface area contributed by atoms with Crippen molar-refractivity contribution in [1.29, 1.82) is 0 Å². The van der Waals surface area contributed by atoms with Gasteiger partial charge in [0, 0.05) is 12.2 Å². The quantitative estimate of drug-likeness (QED) is 0.861. The maximum Gasteiger partial charge on any atom is 0.274 e. The maximum atomic E-state index is 12.2. The number of hydrogen-bond acceptors (Lipinski definition) is 1. The van der Waals surface area contributed by atoms with E-state index in [-0.39, 0.29) is 5.56 Å². The average Bonchev–Trinajstić information content (AvgIpc) is 2.63. The average molecular weight is 230 g/mol. The van der Waals surface area contributed by atoms with Crippen LogP contribution in [0.5, 0.6) is 0 Å². The fraction of sp³-hybridized carbons (Fsp3) is 0.357. The molecule has 1 aromatic heterocycles. The van der Waals surface area contributed by atoms with E-state index >= 15 is 0 Å². The van der Waals surface area contributed by atoms with Gasteiger partial charge in [-0.15, -0.1) is 0 Å². The summed E-state index contributed by atoms with van der Waals surface area (Å²) in [7, 11) is 0. The Morgan fingerprint density at radius 1 is 1.24 bits per heavy atom. The van der Waals surface area contributed by atoms with Crippen molar-refractivity contribution in [3.63, 3.8) is 0 Å². The van der Waals surface area contributed by atoms with Crippen LogP contribution in [0, 0.1) is 6.92 Å². The number of aromatic amines is 1. The van der Waals surface area contributed by atoms with Crippen molar-refractivity contribution in [2.24, 2.45) is 0 Å². The summed E-state index contributed by atoms with van der Waals surface area (Å²) >= 11 is 0. The third kappa shape index (κ3) is 2.33. The lowest BCUT2D eigenvalue weighted by molar-refractivity contribution is 0.554. The standard InChI is InChI=1S/C14H18N2O/c1-3-4-10-16-14(17)13(11(2)15-16)12-8-6-5-7-9-12/h5-9,15H,3-4,10H2,1-2H3. The highest BCUT2D eigenvalue weighted by Gasteiger charge is 2.11. The summed E-state index contributed by atoms with van der Waals surface area (Å²) < 4.78 is 1.71. The van der Waals surface area contributed by atoms with E-state index in [1.54, 1.807) is 4.68 Å². The largest absolute Gasteiger partial charge is 0.299 e. The third-order valence-corrected chi connectivity index (χ3v) is 2.93. The lowest BCUT2D eigenvalue weighted by atomic mass is 10.1. The van der Waals surface area contributed by atoms with E-state index in [4.69, 9.17) is 0 Å². The minimum atomic E-state index is 0.0853. The molecule has 0 aliphatic heterocycles. The van der Waals surface area contributed by atoms with E-state index in [9.17, 15) is 4.79 Å². The Hall–Kier alpha value is -1.77. The zero-order chi connectivity index (χ0) is 12.3. The molecule has 0 bridgehead atoms. The molecule has 0 saturated heterocycles. The molecule has 1 heterocycles. The van der Waals surface area contributed by atoms with Crippen molar-refractivity contribution in [3.05, 3.63) is 46.4 Å². The van der Waals surface area contributed by atoms with Crippen LogP contribution < -0.4 is 5.56 Å². The van der Waals surface area contributed by atoms with Crippen LogP contribution in [0.15, 0.2) is 35.1 Å². The second-order valence-electron chi connectivity index (χ2n) is 4.29. The lowest BCUT2D eigenvalue weighted by Crippen LogP contribution is -2.17. The molecule has 0 aliphatic rings. The van der Waals surface area contributed by atoms with Gasteiger partial charge in [-0.3, -0.25) is 14.6 Å². The normalized spacial score (nSPS) is 10.7. The summed E-state index contributed by atoms with van der Waals surface area (Å²) in [5, 5.41) is 3.15. The monoisotopic (exact) mass is 230 g/mol. The Kier molecular flexibility index (Phi) is 3.47. The second kappa shape index (κ2) is 5.04. The Balaban J connectivity index is 2.42. The number of hydrogen-bond donors (Lipinski definition) is 1. The summed E-state index contributed by atoms with van der Waals surface area (Å²) in [6.07, 6.45) is 2.11. The molecule has 90 valence electrons. The van der Waals surface area contributed by atoms with Crippen LogP contribution in [0.25, 0.3) is 11.1 Å². The van der Waals surface area contributed by atoms with Gasteiger partial charge in [0.25, 0.3) is 5.56 Å². The van der Waals surface area contributed by atoms with Gasteiger partial charge in [-0.1, -0.05) is 43.7 Å². The Morgan fingerprint density at radius 3 is 2.59 bits per heavy atom. The van der Waals surface area contributed by atoms with Crippen LogP contribution >= 0.6 is 0 Å². The second-order valence-corrected chi connectivity index (χ2v) is 4.29. The van der Waals surface area contributed by atoms with Gasteiger partial charge < -0.3 is 0 Å². The molecule has 0 atom stereocenters. The highest BCUT2D eigenvalue weighted by molar-refractivity contribution is 5.64. The van der Waals surface area contributed by atoms with Crippen LogP contribution in [0.1, 0.15) is 25.5 Å². The molecule has 0 aliphatic carbocycles. The molecule has 3 heteroatoms. The molecule has 0 unspecified atom stereocenters. The molecule has 1 N–H and O–H groups in total. The van der Waals surface area contributed by atoms with Gasteiger partial charge in [-0.2, -0.15) is 0 Å². The first-order valence-corrected chi connectivity index (χ1v) is 6.09. The molecule has 0 fully saturated rings. The van der Waals surface area contributed by atoms with Gasteiger partial charge >= 0.3 is 0 Å². The number of aryl methyl sites for hydroxylation is 2. The minimum Gasteiger partial charge on any atom is -0.299 e. The minimum absolute atomic E-state index is 0.0853. The Bertz CT molecular complexity index is 537. The summed E-state index contributed by atoms with van der Waals surface area (Å²) in [4.78, 5) is 12.2. The van der Waals surface area contributed by atoms with Crippen molar-refractivity contribution in [1.82, 2.24) is 9.78 Å². The molecule has 2 rings (SSSR count). The van der Waals surface area contributed by atoms with E-state index in [0.717, 1.165) is 36.2 Å². The van der Waals surface area contributed by atoms with E-state index < -0.39 is 0 Å². The van der Waals surface area contributed by atoms with Crippen LogP contribution in [-0.4, -0.2) is 9.78 Å². The van der Waals surface area contributed by atoms with E-state index in [0.29, 0.717) is 0 Å². The van der Waals surface area contributed by atoms with Gasteiger partial charge in [0.15, 0.2) is 0 Å². The molecule has 0 saturated carbocycles. The SMILES string of the molecule is CCCCn1[nH]c(C)c(-c2ccccc2)c1=O. The van der Waals surface area contributed by atoms with Gasteiger partial charge in [-0.05, 0) is 18.9 Å². The number of rotatable bonds is 4. The highest BCUT2D eigenvalue weighted by Crippen LogP contribution is 2.17. The first-order valence-electron chi connectivity index (χ1n) is 6.09. The smallest absolute Gasteiger partial charge is 0.274 e. The van der Waals surface area contributed by atoms with E-state index in [2.05, 4.69) is 12.0 Å². The van der Waals surface area contributed by atoms with Crippen molar-refractivity contribution >= 4 is 0 Å². The van der Waals surface area contributed by atoms with Gasteiger partial charge in [0.1, 0.15) is 0 Å². The zero-order valence-electron chi connectivity index (χ0n) is 10.4. The fourth-order valence-electron chi connectivity index (χ4n) is 2.02. The number of nitrogens with one attached hydrogen (secondary N) is 1. The molecule has 2 aromatic rings. The number of unbranched alkanes of at least 4 members (excludes halogenated alkanes) is 1. The number of H-pyrrole nitrogens is 1. The molecule has 3 nitrogen and oxygen atoms in total. The number of benzene rings is 1. The molecule has 17 heavy (non-hydrogen) atoms. The molecule has 0 radical (unpaired) electrons. The van der Waals surface area contributed by atoms with Crippen LogP contribution in [-0.2, 0) is 6.54 Å². The summed E-state index contributed by atoms with van der Waals surface area (Å²) in [6, 6.07) is 9.82. The van der Waals surface area contributed by atoms with Crippen molar-refractivity contribution < 1.29 is 0 Å². The van der Waals surface area contributed by atoms with Crippen LogP contribution in [0.4, 0.5) is 0 Å². The molecule has 0 spiro atoms.